The molecule has 1 aromatic heterocycles. The normalized spacial score (nSPS) is 13.0. The van der Waals surface area contributed by atoms with Gasteiger partial charge in [0.2, 0.25) is 0 Å². The first-order valence-corrected chi connectivity index (χ1v) is 7.47. The van der Waals surface area contributed by atoms with E-state index >= 15 is 0 Å². The van der Waals surface area contributed by atoms with Gasteiger partial charge in [0, 0.05) is 5.39 Å². The van der Waals surface area contributed by atoms with Crippen LogP contribution in [-0.2, 0) is 0 Å². The quantitative estimate of drug-likeness (QED) is 0.716. The number of hydrogen-bond acceptors (Lipinski definition) is 2. The maximum Gasteiger partial charge on any atom is 0.135 e. The van der Waals surface area contributed by atoms with E-state index in [9.17, 15) is 0 Å². The van der Waals surface area contributed by atoms with Crippen LogP contribution in [0.2, 0.25) is 5.02 Å². The summed E-state index contributed by atoms with van der Waals surface area (Å²) < 4.78 is 5.83. The molecule has 3 heteroatoms. The summed E-state index contributed by atoms with van der Waals surface area (Å²) in [6.07, 6.45) is 0. The molecule has 0 aliphatic rings. The number of fused-ring (bicyclic) bond motifs is 1. The minimum absolute atomic E-state index is 0.283. The minimum atomic E-state index is -0.283. The molecule has 0 amide bonds. The van der Waals surface area contributed by atoms with Crippen molar-refractivity contribution in [3.05, 3.63) is 70.4 Å². The number of hydrogen-bond donors (Lipinski definition) is 1. The van der Waals surface area contributed by atoms with Crippen LogP contribution in [0.4, 0.5) is 0 Å². The van der Waals surface area contributed by atoms with Crippen LogP contribution >= 0.6 is 11.6 Å². The minimum Gasteiger partial charge on any atom is -0.459 e. The van der Waals surface area contributed by atoms with Gasteiger partial charge in [-0.25, -0.2) is 0 Å². The van der Waals surface area contributed by atoms with Gasteiger partial charge in [-0.1, -0.05) is 55.8 Å². The van der Waals surface area contributed by atoms with Gasteiger partial charge in [0.1, 0.15) is 11.3 Å². The molecular weight excluding hydrogens is 282 g/mol. The number of halogens is 1. The fraction of sp³-hybridized carbons (Fsp3) is 0.222. The highest BCUT2D eigenvalue weighted by Crippen LogP contribution is 2.31. The smallest absolute Gasteiger partial charge is 0.135 e. The molecule has 2 N–H and O–H groups in total. The van der Waals surface area contributed by atoms with Gasteiger partial charge in [-0.3, -0.25) is 0 Å². The molecule has 0 aliphatic carbocycles. The number of nitrogens with two attached hydrogens (primary N) is 1. The predicted octanol–water partition coefficient (Wildman–Crippen LogP) is 5.26. The second-order valence-electron chi connectivity index (χ2n) is 5.60. The van der Waals surface area contributed by atoms with Crippen LogP contribution in [0.25, 0.3) is 11.0 Å². The van der Waals surface area contributed by atoms with Gasteiger partial charge >= 0.3 is 0 Å². The molecule has 3 rings (SSSR count). The first-order chi connectivity index (χ1) is 10.1. The van der Waals surface area contributed by atoms with Gasteiger partial charge in [-0.15, -0.1) is 0 Å². The van der Waals surface area contributed by atoms with E-state index in [0.29, 0.717) is 10.9 Å². The van der Waals surface area contributed by atoms with E-state index in [-0.39, 0.29) is 6.04 Å². The Morgan fingerprint density at radius 2 is 1.67 bits per heavy atom. The van der Waals surface area contributed by atoms with Crippen LogP contribution in [0.5, 0.6) is 0 Å². The Balaban J connectivity index is 1.96. The highest BCUT2D eigenvalue weighted by molar-refractivity contribution is 6.35. The second kappa shape index (κ2) is 5.55. The van der Waals surface area contributed by atoms with Gasteiger partial charge in [0.25, 0.3) is 0 Å². The molecule has 108 valence electrons. The average Bonchev–Trinajstić information content (AvgIpc) is 2.92. The van der Waals surface area contributed by atoms with Gasteiger partial charge in [0.15, 0.2) is 0 Å². The Hall–Kier alpha value is -1.77. The van der Waals surface area contributed by atoms with E-state index in [1.807, 2.05) is 24.3 Å². The maximum atomic E-state index is 6.32. The van der Waals surface area contributed by atoms with Gasteiger partial charge in [-0.05, 0) is 35.2 Å². The van der Waals surface area contributed by atoms with E-state index in [2.05, 4.69) is 38.1 Å². The largest absolute Gasteiger partial charge is 0.459 e. The monoisotopic (exact) mass is 299 g/mol. The molecule has 0 aliphatic heterocycles. The zero-order valence-corrected chi connectivity index (χ0v) is 12.9. The lowest BCUT2D eigenvalue weighted by Crippen LogP contribution is -2.10. The fourth-order valence-corrected chi connectivity index (χ4v) is 2.67. The van der Waals surface area contributed by atoms with E-state index in [1.165, 1.54) is 5.56 Å². The molecular formula is C18H18ClNO. The molecule has 2 nitrogen and oxygen atoms in total. The summed E-state index contributed by atoms with van der Waals surface area (Å²) >= 11 is 6.18. The molecule has 0 bridgehead atoms. The highest BCUT2D eigenvalue weighted by Gasteiger charge is 2.15. The van der Waals surface area contributed by atoms with E-state index in [4.69, 9.17) is 21.8 Å². The first-order valence-electron chi connectivity index (χ1n) is 7.09. The Labute approximate surface area is 129 Å². The van der Waals surface area contributed by atoms with Crippen molar-refractivity contribution >= 4 is 22.6 Å². The van der Waals surface area contributed by atoms with Crippen LogP contribution in [-0.4, -0.2) is 0 Å². The molecule has 0 spiro atoms. The Bertz CT molecular complexity index is 758. The Morgan fingerprint density at radius 1 is 1.00 bits per heavy atom. The second-order valence-corrected chi connectivity index (χ2v) is 6.01. The summed E-state index contributed by atoms with van der Waals surface area (Å²) in [5.41, 5.74) is 9.43. The third kappa shape index (κ3) is 2.69. The zero-order valence-electron chi connectivity index (χ0n) is 12.1. The molecule has 0 fully saturated rings. The van der Waals surface area contributed by atoms with Crippen molar-refractivity contribution in [2.45, 2.75) is 25.8 Å². The lowest BCUT2D eigenvalue weighted by Gasteiger charge is -2.11. The molecule has 0 saturated heterocycles. The summed E-state index contributed by atoms with van der Waals surface area (Å²) in [6, 6.07) is 15.6. The summed E-state index contributed by atoms with van der Waals surface area (Å²) in [5, 5.41) is 1.59. The lowest BCUT2D eigenvalue weighted by atomic mass is 9.98. The van der Waals surface area contributed by atoms with E-state index < -0.39 is 0 Å². The van der Waals surface area contributed by atoms with E-state index in [1.54, 1.807) is 0 Å². The first kappa shape index (κ1) is 14.2. The third-order valence-corrected chi connectivity index (χ3v) is 4.13. The average molecular weight is 300 g/mol. The fourth-order valence-electron chi connectivity index (χ4n) is 2.45. The Morgan fingerprint density at radius 3 is 2.29 bits per heavy atom. The van der Waals surface area contributed by atoms with Crippen molar-refractivity contribution in [3.63, 3.8) is 0 Å². The summed E-state index contributed by atoms with van der Waals surface area (Å²) in [6.45, 7) is 4.35. The SMILES string of the molecule is CC(C)c1ccc(C(N)c2cc3c(Cl)cccc3o2)cc1. The molecule has 0 radical (unpaired) electrons. The topological polar surface area (TPSA) is 39.2 Å². The molecule has 1 heterocycles. The van der Waals surface area contributed by atoms with Crippen molar-refractivity contribution in [3.8, 4) is 0 Å². The van der Waals surface area contributed by atoms with Gasteiger partial charge in [-0.2, -0.15) is 0 Å². The van der Waals surface area contributed by atoms with Crippen molar-refractivity contribution in [1.82, 2.24) is 0 Å². The van der Waals surface area contributed by atoms with Crippen LogP contribution in [0.15, 0.2) is 52.9 Å². The van der Waals surface area contributed by atoms with Gasteiger partial charge < -0.3 is 10.2 Å². The molecule has 21 heavy (non-hydrogen) atoms. The van der Waals surface area contributed by atoms with Crippen molar-refractivity contribution in [2.75, 3.05) is 0 Å². The van der Waals surface area contributed by atoms with Crippen molar-refractivity contribution in [1.29, 1.82) is 0 Å². The highest BCUT2D eigenvalue weighted by atomic mass is 35.5. The van der Waals surface area contributed by atoms with Crippen LogP contribution in [0, 0.1) is 0 Å². The standard InChI is InChI=1S/C18H18ClNO/c1-11(2)12-6-8-13(9-7-12)18(20)17-10-14-15(19)4-3-5-16(14)21-17/h3-11,18H,20H2,1-2H3. The van der Waals surface area contributed by atoms with Gasteiger partial charge in [0.05, 0.1) is 11.1 Å². The predicted molar refractivity (Wildman–Crippen MR) is 87.8 cm³/mol. The summed E-state index contributed by atoms with van der Waals surface area (Å²) in [4.78, 5) is 0. The Kier molecular flexibility index (Phi) is 3.75. The van der Waals surface area contributed by atoms with Crippen molar-refractivity contribution < 1.29 is 4.42 Å². The molecule has 1 atom stereocenters. The number of benzene rings is 2. The van der Waals surface area contributed by atoms with Crippen LogP contribution in [0.3, 0.4) is 0 Å². The third-order valence-electron chi connectivity index (χ3n) is 3.80. The zero-order chi connectivity index (χ0) is 15.0. The van der Waals surface area contributed by atoms with Crippen LogP contribution in [0.1, 0.15) is 42.7 Å². The van der Waals surface area contributed by atoms with E-state index in [0.717, 1.165) is 22.3 Å². The maximum absolute atomic E-state index is 6.32. The molecule has 2 aromatic carbocycles. The van der Waals surface area contributed by atoms with Crippen LogP contribution < -0.4 is 5.73 Å². The lowest BCUT2D eigenvalue weighted by molar-refractivity contribution is 0.525. The summed E-state index contributed by atoms with van der Waals surface area (Å²) in [7, 11) is 0. The molecule has 1 unspecified atom stereocenters. The van der Waals surface area contributed by atoms with Crippen molar-refractivity contribution in [2.24, 2.45) is 5.73 Å². The number of furan rings is 1. The summed E-state index contributed by atoms with van der Waals surface area (Å²) in [5.74, 6) is 1.25. The molecule has 0 saturated carbocycles. The molecule has 3 aromatic rings. The number of rotatable bonds is 3.